The van der Waals surface area contributed by atoms with Crippen LogP contribution in [-0.2, 0) is 25.1 Å². The predicted molar refractivity (Wildman–Crippen MR) is 117 cm³/mol. The van der Waals surface area contributed by atoms with Crippen molar-refractivity contribution in [2.75, 3.05) is 0 Å². The van der Waals surface area contributed by atoms with E-state index in [1.807, 2.05) is 45.9 Å². The average molecular weight is 422 g/mol. The molecule has 1 saturated heterocycles. The van der Waals surface area contributed by atoms with Crippen molar-refractivity contribution in [3.8, 4) is 6.07 Å². The van der Waals surface area contributed by atoms with Crippen LogP contribution in [0.5, 0.6) is 0 Å². The quantitative estimate of drug-likeness (QED) is 0.604. The lowest BCUT2D eigenvalue weighted by molar-refractivity contribution is 0.00578. The summed E-state index contributed by atoms with van der Waals surface area (Å²) in [6, 6.07) is 16.1. The molecule has 0 N–H and O–H groups in total. The van der Waals surface area contributed by atoms with Gasteiger partial charge < -0.3 is 9.31 Å². The highest BCUT2D eigenvalue weighted by atomic mass is 32.2. The van der Waals surface area contributed by atoms with E-state index in [-0.39, 0.29) is 5.75 Å². The summed E-state index contributed by atoms with van der Waals surface area (Å²) < 4.78 is 40.1. The minimum atomic E-state index is -3.70. The summed E-state index contributed by atoms with van der Waals surface area (Å²) in [6.45, 7) is 7.77. The third-order valence-corrected chi connectivity index (χ3v) is 7.53. The monoisotopic (exact) mass is 422 g/mol. The van der Waals surface area contributed by atoms with Crippen LogP contribution < -0.4 is 5.46 Å². The largest absolute Gasteiger partial charge is 0.497 e. The number of fused-ring (bicyclic) bond motifs is 1. The first-order valence-corrected chi connectivity index (χ1v) is 11.3. The first kappa shape index (κ1) is 20.7. The summed E-state index contributed by atoms with van der Waals surface area (Å²) in [7, 11) is -4.44. The van der Waals surface area contributed by atoms with Gasteiger partial charge in [0.1, 0.15) is 0 Å². The van der Waals surface area contributed by atoms with Gasteiger partial charge in [-0.15, -0.1) is 0 Å². The van der Waals surface area contributed by atoms with Crippen molar-refractivity contribution in [1.82, 2.24) is 3.97 Å². The molecule has 0 radical (unpaired) electrons. The van der Waals surface area contributed by atoms with E-state index in [0.29, 0.717) is 27.5 Å². The number of nitriles is 1. The Hall–Kier alpha value is -2.60. The van der Waals surface area contributed by atoms with Crippen molar-refractivity contribution in [3.05, 3.63) is 65.9 Å². The summed E-state index contributed by atoms with van der Waals surface area (Å²) in [5.74, 6) is -0.138. The van der Waals surface area contributed by atoms with Gasteiger partial charge in [0.25, 0.3) is 0 Å². The van der Waals surface area contributed by atoms with Crippen molar-refractivity contribution in [2.24, 2.45) is 0 Å². The van der Waals surface area contributed by atoms with Crippen LogP contribution in [0, 0.1) is 11.3 Å². The van der Waals surface area contributed by atoms with Crippen LogP contribution in [0.2, 0.25) is 0 Å². The van der Waals surface area contributed by atoms with Crippen LogP contribution in [0.1, 0.15) is 38.8 Å². The summed E-state index contributed by atoms with van der Waals surface area (Å²) in [6.07, 6.45) is 1.56. The fourth-order valence-corrected chi connectivity index (χ4v) is 5.02. The summed E-state index contributed by atoms with van der Waals surface area (Å²) in [5, 5.41) is 9.97. The van der Waals surface area contributed by atoms with Gasteiger partial charge in [0.15, 0.2) is 0 Å². The van der Waals surface area contributed by atoms with Crippen LogP contribution >= 0.6 is 0 Å². The molecule has 0 amide bonds. The lowest BCUT2D eigenvalue weighted by Gasteiger charge is -2.32. The Morgan fingerprint density at radius 3 is 2.27 bits per heavy atom. The Labute approximate surface area is 177 Å². The molecule has 2 heterocycles. The third kappa shape index (κ3) is 3.43. The number of hydrogen-bond acceptors (Lipinski definition) is 5. The number of aromatic nitrogens is 1. The maximum Gasteiger partial charge on any atom is 0.497 e. The van der Waals surface area contributed by atoms with E-state index in [9.17, 15) is 13.7 Å². The van der Waals surface area contributed by atoms with Gasteiger partial charge in [-0.25, -0.2) is 12.4 Å². The smallest absolute Gasteiger partial charge is 0.399 e. The Kier molecular flexibility index (Phi) is 4.81. The molecule has 3 aromatic rings. The van der Waals surface area contributed by atoms with Crippen molar-refractivity contribution in [1.29, 1.82) is 5.26 Å². The zero-order valence-electron chi connectivity index (χ0n) is 17.4. The zero-order chi connectivity index (χ0) is 21.7. The highest BCUT2D eigenvalue weighted by Gasteiger charge is 2.52. The summed E-state index contributed by atoms with van der Waals surface area (Å²) in [4.78, 5) is 0. The van der Waals surface area contributed by atoms with E-state index >= 15 is 0 Å². The van der Waals surface area contributed by atoms with Crippen molar-refractivity contribution in [3.63, 3.8) is 0 Å². The normalized spacial score (nSPS) is 17.9. The number of benzene rings is 2. The van der Waals surface area contributed by atoms with Gasteiger partial charge in [0.2, 0.25) is 10.0 Å². The van der Waals surface area contributed by atoms with Crippen molar-refractivity contribution >= 4 is 33.5 Å². The molecule has 30 heavy (non-hydrogen) atoms. The molecule has 6 nitrogen and oxygen atoms in total. The molecule has 1 fully saturated rings. The molecule has 1 aliphatic rings. The number of hydrogen-bond donors (Lipinski definition) is 0. The second-order valence-corrected chi connectivity index (χ2v) is 10.4. The average Bonchev–Trinajstić information content (AvgIpc) is 3.16. The van der Waals surface area contributed by atoms with Crippen LogP contribution in [0.15, 0.2) is 54.7 Å². The molecule has 0 saturated carbocycles. The second-order valence-electron chi connectivity index (χ2n) is 8.55. The molecular formula is C22H23BN2O4S. The fraction of sp³-hybridized carbons (Fsp3) is 0.318. The zero-order valence-corrected chi connectivity index (χ0v) is 18.2. The Morgan fingerprint density at radius 1 is 1.03 bits per heavy atom. The molecular weight excluding hydrogens is 399 g/mol. The first-order valence-electron chi connectivity index (χ1n) is 9.72. The molecule has 1 aliphatic heterocycles. The molecule has 0 spiro atoms. The van der Waals surface area contributed by atoms with E-state index in [4.69, 9.17) is 9.31 Å². The minimum absolute atomic E-state index is 0.138. The SMILES string of the molecule is CC1(C)OB(c2cn(S(=O)(=O)Cc3ccccc3)c3ccc(C#N)cc23)OC1(C)C. The molecule has 0 bridgehead atoms. The van der Waals surface area contributed by atoms with Gasteiger partial charge in [0.05, 0.1) is 34.1 Å². The summed E-state index contributed by atoms with van der Waals surface area (Å²) in [5.41, 5.74) is 1.10. The topological polar surface area (TPSA) is 81.3 Å². The lowest BCUT2D eigenvalue weighted by atomic mass is 9.79. The van der Waals surface area contributed by atoms with Gasteiger partial charge in [-0.3, -0.25) is 0 Å². The second kappa shape index (κ2) is 6.98. The van der Waals surface area contributed by atoms with Gasteiger partial charge in [-0.1, -0.05) is 30.3 Å². The van der Waals surface area contributed by atoms with Gasteiger partial charge >= 0.3 is 7.12 Å². The van der Waals surface area contributed by atoms with E-state index in [2.05, 4.69) is 6.07 Å². The number of nitrogens with zero attached hydrogens (tertiary/aromatic N) is 2. The van der Waals surface area contributed by atoms with Crippen LogP contribution in [0.4, 0.5) is 0 Å². The number of rotatable bonds is 4. The first-order chi connectivity index (χ1) is 14.0. The Morgan fingerprint density at radius 2 is 1.67 bits per heavy atom. The lowest BCUT2D eigenvalue weighted by Crippen LogP contribution is -2.41. The standard InChI is InChI=1S/C22H23BN2O4S/c1-21(2)22(3,4)29-23(28-21)19-14-25(20-11-10-17(13-24)12-18(19)20)30(26,27)15-16-8-6-5-7-9-16/h5-12,14H,15H2,1-4H3. The van der Waals surface area contributed by atoms with Crippen LogP contribution in [-0.4, -0.2) is 30.7 Å². The van der Waals surface area contributed by atoms with Gasteiger partial charge in [0, 0.05) is 17.0 Å². The molecule has 0 aliphatic carbocycles. The highest BCUT2D eigenvalue weighted by molar-refractivity contribution is 7.89. The Bertz CT molecular complexity index is 1240. The fourth-order valence-electron chi connectivity index (χ4n) is 3.54. The summed E-state index contributed by atoms with van der Waals surface area (Å²) >= 11 is 0. The molecule has 2 aromatic carbocycles. The molecule has 4 rings (SSSR count). The van der Waals surface area contributed by atoms with E-state index < -0.39 is 28.3 Å². The maximum atomic E-state index is 13.3. The van der Waals surface area contributed by atoms with Gasteiger partial charge in [-0.2, -0.15) is 5.26 Å². The minimum Gasteiger partial charge on any atom is -0.399 e. The molecule has 1 aromatic heterocycles. The molecule has 154 valence electrons. The molecule has 8 heteroatoms. The van der Waals surface area contributed by atoms with E-state index in [1.54, 1.807) is 36.5 Å². The van der Waals surface area contributed by atoms with E-state index in [0.717, 1.165) is 0 Å². The van der Waals surface area contributed by atoms with E-state index in [1.165, 1.54) is 3.97 Å². The third-order valence-electron chi connectivity index (χ3n) is 5.93. The Balaban J connectivity index is 1.86. The highest BCUT2D eigenvalue weighted by Crippen LogP contribution is 2.37. The predicted octanol–water partition coefficient (Wildman–Crippen LogP) is 3.19. The van der Waals surface area contributed by atoms with Crippen LogP contribution in [0.25, 0.3) is 10.9 Å². The van der Waals surface area contributed by atoms with Gasteiger partial charge in [-0.05, 0) is 51.5 Å². The molecule has 0 atom stereocenters. The molecule has 0 unspecified atom stereocenters. The van der Waals surface area contributed by atoms with Crippen LogP contribution in [0.3, 0.4) is 0 Å². The van der Waals surface area contributed by atoms with Crippen molar-refractivity contribution < 1.29 is 17.7 Å². The maximum absolute atomic E-state index is 13.3. The van der Waals surface area contributed by atoms with Crippen molar-refractivity contribution in [2.45, 2.75) is 44.6 Å².